The average Bonchev–Trinajstić information content (AvgIpc) is 2.47. The van der Waals surface area contributed by atoms with Gasteiger partial charge in [-0.1, -0.05) is 18.2 Å². The molecule has 0 amide bonds. The molecular formula is C15H14O4. The van der Waals surface area contributed by atoms with Gasteiger partial charge in [0.1, 0.15) is 18.1 Å². The van der Waals surface area contributed by atoms with Crippen molar-refractivity contribution >= 4 is 0 Å². The third-order valence-electron chi connectivity index (χ3n) is 2.82. The molecule has 98 valence electrons. The Labute approximate surface area is 111 Å². The minimum atomic E-state index is -0.320. The van der Waals surface area contributed by atoms with E-state index in [9.17, 15) is 0 Å². The Morgan fingerprint density at radius 2 is 1.89 bits per heavy atom. The molecule has 19 heavy (non-hydrogen) atoms. The van der Waals surface area contributed by atoms with Gasteiger partial charge in [-0.25, -0.2) is 0 Å². The third-order valence-corrected chi connectivity index (χ3v) is 2.82. The van der Waals surface area contributed by atoms with Gasteiger partial charge < -0.3 is 19.3 Å². The first-order valence-electron chi connectivity index (χ1n) is 6.12. The van der Waals surface area contributed by atoms with E-state index in [0.29, 0.717) is 23.9 Å². The smallest absolute Gasteiger partial charge is 0.165 e. The highest BCUT2D eigenvalue weighted by atomic mass is 16.6. The van der Waals surface area contributed by atoms with Crippen molar-refractivity contribution in [2.45, 2.75) is 6.10 Å². The van der Waals surface area contributed by atoms with Crippen LogP contribution in [0.15, 0.2) is 48.5 Å². The van der Waals surface area contributed by atoms with Crippen molar-refractivity contribution in [2.75, 3.05) is 13.2 Å². The van der Waals surface area contributed by atoms with Gasteiger partial charge in [0.15, 0.2) is 17.6 Å². The average molecular weight is 258 g/mol. The highest BCUT2D eigenvalue weighted by Gasteiger charge is 2.20. The zero-order chi connectivity index (χ0) is 13.1. The molecule has 0 bridgehead atoms. The standard InChI is InChI=1S/C15H14O4/c16-9-13-10-17-14-7-6-12(8-15(14)19-13)18-11-4-2-1-3-5-11/h1-8,13,16H,9-10H2/t13-/m1/s1. The SMILES string of the molecule is OC[C@@H]1COc2ccc(Oc3ccccc3)cc2O1. The predicted molar refractivity (Wildman–Crippen MR) is 70.0 cm³/mol. The Morgan fingerprint density at radius 1 is 1.05 bits per heavy atom. The number of aliphatic hydroxyl groups is 1. The van der Waals surface area contributed by atoms with Crippen LogP contribution >= 0.6 is 0 Å². The number of hydrogen-bond acceptors (Lipinski definition) is 4. The van der Waals surface area contributed by atoms with Crippen LogP contribution in [0.5, 0.6) is 23.0 Å². The molecule has 0 aliphatic carbocycles. The topological polar surface area (TPSA) is 47.9 Å². The van der Waals surface area contributed by atoms with Crippen molar-refractivity contribution in [2.24, 2.45) is 0 Å². The van der Waals surface area contributed by atoms with Crippen LogP contribution in [0.3, 0.4) is 0 Å². The lowest BCUT2D eigenvalue weighted by Gasteiger charge is -2.25. The van der Waals surface area contributed by atoms with Gasteiger partial charge in [0, 0.05) is 6.07 Å². The summed E-state index contributed by atoms with van der Waals surface area (Å²) in [6.45, 7) is 0.297. The molecule has 1 N–H and O–H groups in total. The van der Waals surface area contributed by atoms with E-state index in [1.165, 1.54) is 0 Å². The maximum Gasteiger partial charge on any atom is 0.165 e. The zero-order valence-electron chi connectivity index (χ0n) is 10.3. The van der Waals surface area contributed by atoms with E-state index < -0.39 is 0 Å². The maximum absolute atomic E-state index is 9.08. The molecule has 4 nitrogen and oxygen atoms in total. The van der Waals surface area contributed by atoms with E-state index in [-0.39, 0.29) is 12.7 Å². The summed E-state index contributed by atoms with van der Waals surface area (Å²) in [6, 6.07) is 14.9. The number of ether oxygens (including phenoxy) is 3. The lowest BCUT2D eigenvalue weighted by molar-refractivity contribution is 0.0454. The lowest BCUT2D eigenvalue weighted by Crippen LogP contribution is -2.32. The Kier molecular flexibility index (Phi) is 3.25. The number of para-hydroxylation sites is 1. The first-order valence-corrected chi connectivity index (χ1v) is 6.12. The van der Waals surface area contributed by atoms with Gasteiger partial charge in [0.05, 0.1) is 6.61 Å². The number of aliphatic hydroxyl groups excluding tert-OH is 1. The predicted octanol–water partition coefficient (Wildman–Crippen LogP) is 2.61. The number of rotatable bonds is 3. The van der Waals surface area contributed by atoms with Gasteiger partial charge in [-0.15, -0.1) is 0 Å². The van der Waals surface area contributed by atoms with Crippen LogP contribution < -0.4 is 14.2 Å². The van der Waals surface area contributed by atoms with E-state index in [2.05, 4.69) is 0 Å². The second-order valence-electron chi connectivity index (χ2n) is 4.26. The van der Waals surface area contributed by atoms with Crippen LogP contribution in [0.2, 0.25) is 0 Å². The van der Waals surface area contributed by atoms with Gasteiger partial charge in [-0.2, -0.15) is 0 Å². The molecule has 1 heterocycles. The highest BCUT2D eigenvalue weighted by Crippen LogP contribution is 2.36. The summed E-state index contributed by atoms with van der Waals surface area (Å²) in [7, 11) is 0. The van der Waals surface area contributed by atoms with Crippen LogP contribution in [0.25, 0.3) is 0 Å². The van der Waals surface area contributed by atoms with E-state index in [1.54, 1.807) is 12.1 Å². The van der Waals surface area contributed by atoms with Crippen molar-refractivity contribution in [1.82, 2.24) is 0 Å². The fourth-order valence-electron chi connectivity index (χ4n) is 1.87. The van der Waals surface area contributed by atoms with Crippen LogP contribution in [0.1, 0.15) is 0 Å². The summed E-state index contributed by atoms with van der Waals surface area (Å²) in [5.74, 6) is 2.70. The molecule has 2 aromatic rings. The van der Waals surface area contributed by atoms with Crippen LogP contribution in [-0.2, 0) is 0 Å². The van der Waals surface area contributed by atoms with E-state index in [1.807, 2.05) is 36.4 Å². The molecular weight excluding hydrogens is 244 g/mol. The molecule has 3 rings (SSSR count). The van der Waals surface area contributed by atoms with Crippen LogP contribution in [0.4, 0.5) is 0 Å². The van der Waals surface area contributed by atoms with Gasteiger partial charge in [-0.05, 0) is 24.3 Å². The fraction of sp³-hybridized carbons (Fsp3) is 0.200. The summed E-state index contributed by atoms with van der Waals surface area (Å²) in [5, 5.41) is 9.08. The van der Waals surface area contributed by atoms with Crippen molar-refractivity contribution in [3.63, 3.8) is 0 Å². The molecule has 1 aliphatic rings. The van der Waals surface area contributed by atoms with Gasteiger partial charge in [0.25, 0.3) is 0 Å². The molecule has 0 aromatic heterocycles. The molecule has 0 unspecified atom stereocenters. The van der Waals surface area contributed by atoms with Gasteiger partial charge in [0.2, 0.25) is 0 Å². The second kappa shape index (κ2) is 5.20. The van der Waals surface area contributed by atoms with Crippen LogP contribution in [0, 0.1) is 0 Å². The molecule has 0 spiro atoms. The summed E-state index contributed by atoms with van der Waals surface area (Å²) in [6.07, 6.45) is -0.320. The largest absolute Gasteiger partial charge is 0.486 e. The van der Waals surface area contributed by atoms with Gasteiger partial charge >= 0.3 is 0 Å². The normalized spacial score (nSPS) is 17.0. The number of fused-ring (bicyclic) bond motifs is 1. The van der Waals surface area contributed by atoms with E-state index >= 15 is 0 Å². The lowest BCUT2D eigenvalue weighted by atomic mass is 10.2. The molecule has 1 aliphatic heterocycles. The first-order chi connectivity index (χ1) is 9.35. The summed E-state index contributed by atoms with van der Waals surface area (Å²) < 4.78 is 16.8. The first kappa shape index (κ1) is 11.9. The molecule has 4 heteroatoms. The minimum Gasteiger partial charge on any atom is -0.486 e. The third kappa shape index (κ3) is 2.63. The van der Waals surface area contributed by atoms with Crippen molar-refractivity contribution in [1.29, 1.82) is 0 Å². The van der Waals surface area contributed by atoms with Gasteiger partial charge in [-0.3, -0.25) is 0 Å². The van der Waals surface area contributed by atoms with E-state index in [4.69, 9.17) is 19.3 Å². The summed E-state index contributed by atoms with van der Waals surface area (Å²) in [5.41, 5.74) is 0. The molecule has 0 fully saturated rings. The summed E-state index contributed by atoms with van der Waals surface area (Å²) in [4.78, 5) is 0. The van der Waals surface area contributed by atoms with Crippen LogP contribution in [-0.4, -0.2) is 24.4 Å². The summed E-state index contributed by atoms with van der Waals surface area (Å²) >= 11 is 0. The molecule has 0 saturated heterocycles. The Bertz CT molecular complexity index is 553. The Hall–Kier alpha value is -2.20. The zero-order valence-corrected chi connectivity index (χ0v) is 10.3. The molecule has 1 atom stereocenters. The van der Waals surface area contributed by atoms with Crippen molar-refractivity contribution < 1.29 is 19.3 Å². The molecule has 2 aromatic carbocycles. The second-order valence-corrected chi connectivity index (χ2v) is 4.26. The molecule has 0 radical (unpaired) electrons. The van der Waals surface area contributed by atoms with Crippen molar-refractivity contribution in [3.8, 4) is 23.0 Å². The molecule has 0 saturated carbocycles. The fourth-order valence-corrected chi connectivity index (χ4v) is 1.87. The Balaban J connectivity index is 1.81. The maximum atomic E-state index is 9.08. The quantitative estimate of drug-likeness (QED) is 0.919. The number of hydrogen-bond donors (Lipinski definition) is 1. The monoisotopic (exact) mass is 258 g/mol. The van der Waals surface area contributed by atoms with Crippen molar-refractivity contribution in [3.05, 3.63) is 48.5 Å². The van der Waals surface area contributed by atoms with E-state index in [0.717, 1.165) is 5.75 Å². The minimum absolute atomic E-state index is 0.0663. The Morgan fingerprint density at radius 3 is 2.68 bits per heavy atom. The number of benzene rings is 2. The highest BCUT2D eigenvalue weighted by molar-refractivity contribution is 5.47.